The quantitative estimate of drug-likeness (QED) is 0.426. The fourth-order valence-electron chi connectivity index (χ4n) is 2.72. The van der Waals surface area contributed by atoms with Crippen molar-refractivity contribution in [3.63, 3.8) is 0 Å². The predicted octanol–water partition coefficient (Wildman–Crippen LogP) is 1.22. The highest BCUT2D eigenvalue weighted by Crippen LogP contribution is 2.12. The summed E-state index contributed by atoms with van der Waals surface area (Å²) in [5.74, 6) is -1.76. The molecule has 0 aliphatic carbocycles. The van der Waals surface area contributed by atoms with Crippen molar-refractivity contribution in [2.24, 2.45) is 5.92 Å². The van der Waals surface area contributed by atoms with Crippen molar-refractivity contribution >= 4 is 18.0 Å². The van der Waals surface area contributed by atoms with E-state index >= 15 is 0 Å². The highest BCUT2D eigenvalue weighted by atomic mass is 16.6. The molecule has 0 aromatic carbocycles. The third-order valence-corrected chi connectivity index (χ3v) is 4.16. The van der Waals surface area contributed by atoms with E-state index in [4.69, 9.17) is 4.74 Å². The smallest absolute Gasteiger partial charge is 0.409 e. The lowest BCUT2D eigenvalue weighted by atomic mass is 10.0. The maximum Gasteiger partial charge on any atom is 0.409 e. The Labute approximate surface area is 159 Å². The highest BCUT2D eigenvalue weighted by Gasteiger charge is 2.25. The minimum absolute atomic E-state index is 0.0118. The lowest BCUT2D eigenvalue weighted by molar-refractivity contribution is -0.141. The van der Waals surface area contributed by atoms with E-state index in [0.29, 0.717) is 32.5 Å². The molecule has 1 rings (SSSR count). The van der Waals surface area contributed by atoms with E-state index in [2.05, 4.69) is 10.6 Å². The molecular weight excluding hydrogens is 352 g/mol. The van der Waals surface area contributed by atoms with Crippen molar-refractivity contribution in [2.45, 2.75) is 52.1 Å². The van der Waals surface area contributed by atoms with E-state index in [-0.39, 0.29) is 30.0 Å². The Bertz CT molecular complexity index is 603. The first kappa shape index (κ1) is 22.3. The Hall–Kier alpha value is -2.76. The summed E-state index contributed by atoms with van der Waals surface area (Å²) < 4.78 is 4.96. The SMILES string of the molecule is CCOC(=O)N1CCC(N/C=C(/C#N)C(=O)NC(CC(C)C)C(=O)O)CC1. The van der Waals surface area contributed by atoms with Gasteiger partial charge in [0.2, 0.25) is 0 Å². The van der Waals surface area contributed by atoms with Gasteiger partial charge in [-0.2, -0.15) is 5.26 Å². The first-order chi connectivity index (χ1) is 12.8. The number of rotatable bonds is 8. The molecule has 1 fully saturated rings. The van der Waals surface area contributed by atoms with E-state index in [1.165, 1.54) is 6.20 Å². The van der Waals surface area contributed by atoms with Gasteiger partial charge in [0.25, 0.3) is 5.91 Å². The fourth-order valence-corrected chi connectivity index (χ4v) is 2.72. The number of hydrogen-bond acceptors (Lipinski definition) is 6. The molecule has 0 aromatic heterocycles. The van der Waals surface area contributed by atoms with Gasteiger partial charge >= 0.3 is 12.1 Å². The lowest BCUT2D eigenvalue weighted by Gasteiger charge is -2.31. The first-order valence-corrected chi connectivity index (χ1v) is 9.10. The second-order valence-corrected chi connectivity index (χ2v) is 6.79. The number of carbonyl (C=O) groups is 3. The first-order valence-electron chi connectivity index (χ1n) is 9.10. The molecule has 0 radical (unpaired) electrons. The van der Waals surface area contributed by atoms with E-state index in [1.807, 2.05) is 13.8 Å². The number of likely N-dealkylation sites (tertiary alicyclic amines) is 1. The summed E-state index contributed by atoms with van der Waals surface area (Å²) in [5.41, 5.74) is -0.183. The van der Waals surface area contributed by atoms with Crippen LogP contribution < -0.4 is 10.6 Å². The average Bonchev–Trinajstić information content (AvgIpc) is 2.62. The molecule has 1 aliphatic rings. The van der Waals surface area contributed by atoms with Gasteiger partial charge in [0, 0.05) is 25.3 Å². The van der Waals surface area contributed by atoms with Gasteiger partial charge in [0.05, 0.1) is 6.61 Å². The number of nitriles is 1. The van der Waals surface area contributed by atoms with Crippen molar-refractivity contribution in [1.82, 2.24) is 15.5 Å². The molecule has 2 amide bonds. The van der Waals surface area contributed by atoms with E-state index in [9.17, 15) is 24.8 Å². The lowest BCUT2D eigenvalue weighted by Crippen LogP contribution is -2.44. The van der Waals surface area contributed by atoms with Crippen molar-refractivity contribution in [3.05, 3.63) is 11.8 Å². The molecule has 1 aliphatic heterocycles. The average molecular weight is 380 g/mol. The van der Waals surface area contributed by atoms with Gasteiger partial charge in [-0.3, -0.25) is 4.79 Å². The van der Waals surface area contributed by atoms with Crippen LogP contribution in [0.1, 0.15) is 40.0 Å². The number of hydrogen-bond donors (Lipinski definition) is 3. The number of carboxylic acids is 1. The largest absolute Gasteiger partial charge is 0.480 e. The molecule has 1 heterocycles. The minimum atomic E-state index is -1.13. The zero-order valence-corrected chi connectivity index (χ0v) is 16.0. The maximum atomic E-state index is 12.2. The van der Waals surface area contributed by atoms with Gasteiger partial charge in [-0.05, 0) is 32.1 Å². The summed E-state index contributed by atoms with van der Waals surface area (Å²) in [6, 6.07) is 0.764. The van der Waals surface area contributed by atoms with E-state index in [1.54, 1.807) is 17.9 Å². The van der Waals surface area contributed by atoms with Crippen LogP contribution in [0.3, 0.4) is 0 Å². The number of aliphatic carboxylic acids is 1. The third-order valence-electron chi connectivity index (χ3n) is 4.16. The topological polar surface area (TPSA) is 132 Å². The summed E-state index contributed by atoms with van der Waals surface area (Å²) >= 11 is 0. The zero-order valence-electron chi connectivity index (χ0n) is 16.0. The minimum Gasteiger partial charge on any atom is -0.480 e. The molecule has 9 heteroatoms. The third kappa shape index (κ3) is 7.56. The Morgan fingerprint density at radius 2 is 1.96 bits per heavy atom. The van der Waals surface area contributed by atoms with E-state index in [0.717, 1.165) is 0 Å². The molecule has 1 atom stereocenters. The second-order valence-electron chi connectivity index (χ2n) is 6.79. The molecule has 1 unspecified atom stereocenters. The number of nitrogens with one attached hydrogen (secondary N) is 2. The fraction of sp³-hybridized carbons (Fsp3) is 0.667. The van der Waals surface area contributed by atoms with Crippen LogP contribution in [0.15, 0.2) is 11.8 Å². The van der Waals surface area contributed by atoms with Gasteiger partial charge in [-0.1, -0.05) is 13.8 Å². The maximum absolute atomic E-state index is 12.2. The van der Waals surface area contributed by atoms with Crippen LogP contribution in [0, 0.1) is 17.2 Å². The monoisotopic (exact) mass is 380 g/mol. The molecule has 0 saturated carbocycles. The summed E-state index contributed by atoms with van der Waals surface area (Å²) in [7, 11) is 0. The van der Waals surface area contributed by atoms with Crippen molar-refractivity contribution in [1.29, 1.82) is 5.26 Å². The molecular formula is C18H28N4O5. The van der Waals surface area contributed by atoms with Crippen LogP contribution in [0.2, 0.25) is 0 Å². The summed E-state index contributed by atoms with van der Waals surface area (Å²) in [6.45, 7) is 6.83. The van der Waals surface area contributed by atoms with Crippen LogP contribution in [-0.4, -0.2) is 59.8 Å². The van der Waals surface area contributed by atoms with Crippen LogP contribution >= 0.6 is 0 Å². The van der Waals surface area contributed by atoms with Crippen LogP contribution in [-0.2, 0) is 14.3 Å². The molecule has 150 valence electrons. The zero-order chi connectivity index (χ0) is 20.4. The molecule has 27 heavy (non-hydrogen) atoms. The molecule has 0 aromatic rings. The number of carbonyl (C=O) groups excluding carboxylic acids is 2. The van der Waals surface area contributed by atoms with Crippen molar-refractivity contribution in [3.8, 4) is 6.07 Å². The standard InChI is InChI=1S/C18H28N4O5/c1-4-27-18(26)22-7-5-14(6-8-22)20-11-13(10-19)16(23)21-15(17(24)25)9-12(2)3/h11-12,14-15,20H,4-9H2,1-3H3,(H,21,23)(H,24,25)/b13-11-. The number of amides is 2. The Balaban J connectivity index is 2.58. The molecule has 0 bridgehead atoms. The van der Waals surface area contributed by atoms with Gasteiger partial charge in [0.1, 0.15) is 17.7 Å². The van der Waals surface area contributed by atoms with Crippen LogP contribution in [0.4, 0.5) is 4.79 Å². The molecule has 9 nitrogen and oxygen atoms in total. The van der Waals surface area contributed by atoms with Gasteiger partial charge in [-0.15, -0.1) is 0 Å². The number of piperidine rings is 1. The van der Waals surface area contributed by atoms with Crippen molar-refractivity contribution in [2.75, 3.05) is 19.7 Å². The number of nitrogens with zero attached hydrogens (tertiary/aromatic N) is 2. The van der Waals surface area contributed by atoms with Crippen LogP contribution in [0.25, 0.3) is 0 Å². The Kier molecular flexibility index (Phi) is 9.13. The summed E-state index contributed by atoms with van der Waals surface area (Å²) in [5, 5.41) is 23.8. The highest BCUT2D eigenvalue weighted by molar-refractivity contribution is 5.99. The van der Waals surface area contributed by atoms with Gasteiger partial charge in [0.15, 0.2) is 0 Å². The summed E-state index contributed by atoms with van der Waals surface area (Å²) in [4.78, 5) is 36.7. The second kappa shape index (κ2) is 11.1. The molecule has 3 N–H and O–H groups in total. The van der Waals surface area contributed by atoms with Gasteiger partial charge < -0.3 is 25.4 Å². The Morgan fingerprint density at radius 3 is 2.44 bits per heavy atom. The molecule has 1 saturated heterocycles. The predicted molar refractivity (Wildman–Crippen MR) is 97.5 cm³/mol. The van der Waals surface area contributed by atoms with Gasteiger partial charge in [-0.25, -0.2) is 9.59 Å². The Morgan fingerprint density at radius 1 is 1.33 bits per heavy atom. The summed E-state index contributed by atoms with van der Waals surface area (Å²) in [6.07, 6.45) is 2.56. The number of ether oxygens (including phenoxy) is 1. The van der Waals surface area contributed by atoms with E-state index < -0.39 is 17.9 Å². The molecule has 0 spiro atoms. The normalized spacial score (nSPS) is 16.4. The van der Waals surface area contributed by atoms with Crippen LogP contribution in [0.5, 0.6) is 0 Å². The number of carboxylic acid groups (broad SMARTS) is 1. The van der Waals surface area contributed by atoms with Crippen molar-refractivity contribution < 1.29 is 24.2 Å².